The van der Waals surface area contributed by atoms with Crippen molar-refractivity contribution in [2.75, 3.05) is 20.2 Å². The van der Waals surface area contributed by atoms with E-state index in [4.69, 9.17) is 11.5 Å². The number of primary amides is 1. The van der Waals surface area contributed by atoms with Gasteiger partial charge in [0.15, 0.2) is 0 Å². The average Bonchev–Trinajstić information content (AvgIpc) is 2.31. The lowest BCUT2D eigenvalue weighted by atomic mass is 10.1. The predicted molar refractivity (Wildman–Crippen MR) is 69.8 cm³/mol. The molecule has 0 aromatic rings. The summed E-state index contributed by atoms with van der Waals surface area (Å²) in [6.07, 6.45) is -0.107. The highest BCUT2D eigenvalue weighted by molar-refractivity contribution is 5.87. The summed E-state index contributed by atoms with van der Waals surface area (Å²) in [6.45, 7) is 4.56. The molecule has 1 unspecified atom stereocenters. The summed E-state index contributed by atoms with van der Waals surface area (Å²) in [5.74, 6) is -1.18. The van der Waals surface area contributed by atoms with Gasteiger partial charge in [-0.1, -0.05) is 13.8 Å². The molecule has 7 nitrogen and oxygen atoms in total. The maximum absolute atomic E-state index is 12.1. The number of ether oxygens (including phenoxy) is 1. The first-order valence-corrected chi connectivity index (χ1v) is 6.17. The molecule has 0 heterocycles. The molecule has 0 aromatic carbocycles. The summed E-state index contributed by atoms with van der Waals surface area (Å²) in [5.41, 5.74) is 10.6. The Bertz CT molecular complexity index is 331. The predicted octanol–water partition coefficient (Wildman–Crippen LogP) is -0.763. The van der Waals surface area contributed by atoms with Gasteiger partial charge in [0.1, 0.15) is 0 Å². The maximum Gasteiger partial charge on any atom is 0.307 e. The van der Waals surface area contributed by atoms with Crippen LogP contribution in [0.25, 0.3) is 0 Å². The topological polar surface area (TPSA) is 116 Å². The van der Waals surface area contributed by atoms with E-state index in [9.17, 15) is 14.4 Å². The van der Waals surface area contributed by atoms with E-state index in [1.807, 2.05) is 13.8 Å². The minimum Gasteiger partial charge on any atom is -0.469 e. The van der Waals surface area contributed by atoms with Crippen LogP contribution in [0.2, 0.25) is 0 Å². The van der Waals surface area contributed by atoms with Gasteiger partial charge in [-0.05, 0) is 5.92 Å². The molecule has 0 aliphatic heterocycles. The minimum atomic E-state index is -0.964. The Morgan fingerprint density at radius 1 is 1.26 bits per heavy atom. The van der Waals surface area contributed by atoms with E-state index in [0.29, 0.717) is 6.54 Å². The first kappa shape index (κ1) is 17.4. The summed E-state index contributed by atoms with van der Waals surface area (Å²) in [4.78, 5) is 35.4. The van der Waals surface area contributed by atoms with Crippen molar-refractivity contribution in [3.8, 4) is 0 Å². The molecule has 1 atom stereocenters. The van der Waals surface area contributed by atoms with Crippen molar-refractivity contribution in [2.24, 2.45) is 17.4 Å². The quantitative estimate of drug-likeness (QED) is 0.564. The Hall–Kier alpha value is -1.63. The first-order valence-electron chi connectivity index (χ1n) is 6.17. The maximum atomic E-state index is 12.1. The van der Waals surface area contributed by atoms with Crippen LogP contribution in [-0.2, 0) is 19.1 Å². The van der Waals surface area contributed by atoms with Gasteiger partial charge in [0.25, 0.3) is 0 Å². The van der Waals surface area contributed by atoms with Crippen molar-refractivity contribution in [3.05, 3.63) is 0 Å². The number of carbonyl (C=O) groups excluding carboxylic acids is 3. The Morgan fingerprint density at radius 2 is 1.84 bits per heavy atom. The zero-order chi connectivity index (χ0) is 15.0. The Labute approximate surface area is 113 Å². The fourth-order valence-corrected chi connectivity index (χ4v) is 1.60. The molecule has 0 aromatic heterocycles. The summed E-state index contributed by atoms with van der Waals surface area (Å²) in [5, 5.41) is 0. The smallest absolute Gasteiger partial charge is 0.307 e. The molecule has 0 saturated heterocycles. The van der Waals surface area contributed by atoms with Crippen molar-refractivity contribution < 1.29 is 19.1 Å². The van der Waals surface area contributed by atoms with Gasteiger partial charge in [-0.2, -0.15) is 0 Å². The molecule has 19 heavy (non-hydrogen) atoms. The molecule has 0 bridgehead atoms. The summed E-state index contributed by atoms with van der Waals surface area (Å²) < 4.78 is 4.53. The van der Waals surface area contributed by atoms with E-state index in [1.165, 1.54) is 12.0 Å². The van der Waals surface area contributed by atoms with Crippen LogP contribution in [-0.4, -0.2) is 48.9 Å². The number of rotatable bonds is 8. The number of nitrogens with zero attached hydrogens (tertiary/aromatic N) is 1. The number of amides is 2. The highest BCUT2D eigenvalue weighted by Gasteiger charge is 2.23. The standard InChI is InChI=1S/C12H23N3O4/c1-8(2)7-15(5-4-11(17)19-3)12(18)9(13)6-10(14)16/h8-9H,4-7,13H2,1-3H3,(H2,14,16). The molecular weight excluding hydrogens is 250 g/mol. The lowest BCUT2D eigenvalue weighted by Gasteiger charge is -2.26. The van der Waals surface area contributed by atoms with Crippen molar-refractivity contribution in [1.82, 2.24) is 4.90 Å². The second-order valence-corrected chi connectivity index (χ2v) is 4.78. The lowest BCUT2D eigenvalue weighted by molar-refractivity contribution is -0.142. The third kappa shape index (κ3) is 7.40. The number of nitrogens with two attached hydrogens (primary N) is 2. The number of carbonyl (C=O) groups is 3. The Kier molecular flexibility index (Phi) is 7.74. The van der Waals surface area contributed by atoms with Crippen LogP contribution in [0.3, 0.4) is 0 Å². The van der Waals surface area contributed by atoms with E-state index in [1.54, 1.807) is 0 Å². The Balaban J connectivity index is 4.58. The molecular formula is C12H23N3O4. The van der Waals surface area contributed by atoms with Crippen LogP contribution >= 0.6 is 0 Å². The van der Waals surface area contributed by atoms with Crippen LogP contribution in [0.4, 0.5) is 0 Å². The van der Waals surface area contributed by atoms with Crippen LogP contribution in [0.1, 0.15) is 26.7 Å². The first-order chi connectivity index (χ1) is 8.77. The third-order valence-electron chi connectivity index (χ3n) is 2.45. The van der Waals surface area contributed by atoms with Gasteiger partial charge >= 0.3 is 5.97 Å². The molecule has 0 aliphatic carbocycles. The molecule has 0 spiro atoms. The van der Waals surface area contributed by atoms with Crippen LogP contribution in [0.5, 0.6) is 0 Å². The molecule has 0 aliphatic rings. The summed E-state index contributed by atoms with van der Waals surface area (Å²) >= 11 is 0. The summed E-state index contributed by atoms with van der Waals surface area (Å²) in [7, 11) is 1.29. The molecule has 0 fully saturated rings. The van der Waals surface area contributed by atoms with Crippen molar-refractivity contribution in [3.63, 3.8) is 0 Å². The second-order valence-electron chi connectivity index (χ2n) is 4.78. The van der Waals surface area contributed by atoms with Crippen molar-refractivity contribution in [1.29, 1.82) is 0 Å². The van der Waals surface area contributed by atoms with E-state index >= 15 is 0 Å². The molecule has 110 valence electrons. The van der Waals surface area contributed by atoms with Crippen molar-refractivity contribution >= 4 is 17.8 Å². The van der Waals surface area contributed by atoms with E-state index in [0.717, 1.165) is 0 Å². The highest BCUT2D eigenvalue weighted by atomic mass is 16.5. The molecule has 2 amide bonds. The number of hydrogen-bond acceptors (Lipinski definition) is 5. The lowest BCUT2D eigenvalue weighted by Crippen LogP contribution is -2.47. The van der Waals surface area contributed by atoms with Gasteiger partial charge in [-0.3, -0.25) is 14.4 Å². The van der Waals surface area contributed by atoms with Crippen LogP contribution < -0.4 is 11.5 Å². The van der Waals surface area contributed by atoms with Gasteiger partial charge < -0.3 is 21.1 Å². The molecule has 7 heteroatoms. The molecule has 4 N–H and O–H groups in total. The number of esters is 1. The number of hydrogen-bond donors (Lipinski definition) is 2. The number of methoxy groups -OCH3 is 1. The zero-order valence-corrected chi connectivity index (χ0v) is 11.7. The van der Waals surface area contributed by atoms with Crippen LogP contribution in [0, 0.1) is 5.92 Å². The zero-order valence-electron chi connectivity index (χ0n) is 11.7. The molecule has 0 radical (unpaired) electrons. The Morgan fingerprint density at radius 3 is 2.26 bits per heavy atom. The SMILES string of the molecule is COC(=O)CCN(CC(C)C)C(=O)C(N)CC(N)=O. The summed E-state index contributed by atoms with van der Waals surface area (Å²) in [6, 6.07) is -0.964. The van der Waals surface area contributed by atoms with Gasteiger partial charge in [-0.25, -0.2) is 0 Å². The minimum absolute atomic E-state index is 0.0955. The molecule has 0 saturated carbocycles. The monoisotopic (exact) mass is 273 g/mol. The van der Waals surface area contributed by atoms with Gasteiger partial charge in [0.05, 0.1) is 26.0 Å². The second kappa shape index (κ2) is 8.47. The van der Waals surface area contributed by atoms with Crippen molar-refractivity contribution in [2.45, 2.75) is 32.7 Å². The van der Waals surface area contributed by atoms with Gasteiger partial charge in [0.2, 0.25) is 11.8 Å². The van der Waals surface area contributed by atoms with Gasteiger partial charge in [-0.15, -0.1) is 0 Å². The fraction of sp³-hybridized carbons (Fsp3) is 0.750. The van der Waals surface area contributed by atoms with Crippen LogP contribution in [0.15, 0.2) is 0 Å². The average molecular weight is 273 g/mol. The van der Waals surface area contributed by atoms with E-state index < -0.39 is 17.9 Å². The van der Waals surface area contributed by atoms with E-state index in [2.05, 4.69) is 4.74 Å². The molecule has 0 rings (SSSR count). The van der Waals surface area contributed by atoms with E-state index in [-0.39, 0.29) is 31.2 Å². The largest absolute Gasteiger partial charge is 0.469 e. The third-order valence-corrected chi connectivity index (χ3v) is 2.45. The van der Waals surface area contributed by atoms with Gasteiger partial charge in [0, 0.05) is 13.1 Å². The normalized spacial score (nSPS) is 12.1. The highest BCUT2D eigenvalue weighted by Crippen LogP contribution is 2.04. The fourth-order valence-electron chi connectivity index (χ4n) is 1.60.